The van der Waals surface area contributed by atoms with Gasteiger partial charge in [0.15, 0.2) is 5.84 Å². The molecule has 0 bridgehead atoms. The minimum absolute atomic E-state index is 0.0126. The van der Waals surface area contributed by atoms with Crippen molar-refractivity contribution >= 4 is 11.5 Å². The van der Waals surface area contributed by atoms with Gasteiger partial charge in [-0.15, -0.1) is 0 Å². The summed E-state index contributed by atoms with van der Waals surface area (Å²) in [5.74, 6) is 1.15. The largest absolute Gasteiger partial charge is 0.439 e. The first-order valence-electron chi connectivity index (χ1n) is 5.99. The first-order chi connectivity index (χ1) is 9.60. The van der Waals surface area contributed by atoms with Crippen molar-refractivity contribution < 1.29 is 9.94 Å². The molecule has 0 aliphatic heterocycles. The van der Waals surface area contributed by atoms with E-state index in [-0.39, 0.29) is 5.84 Å². The average molecular weight is 272 g/mol. The van der Waals surface area contributed by atoms with Crippen LogP contribution < -0.4 is 15.4 Å². The van der Waals surface area contributed by atoms with Crippen molar-refractivity contribution in [2.75, 3.05) is 19.0 Å². The molecule has 0 atom stereocenters. The van der Waals surface area contributed by atoms with Gasteiger partial charge in [0, 0.05) is 43.7 Å². The van der Waals surface area contributed by atoms with Crippen molar-refractivity contribution in [1.29, 1.82) is 0 Å². The van der Waals surface area contributed by atoms with Crippen LogP contribution in [-0.2, 0) is 0 Å². The molecule has 0 aliphatic rings. The number of hydrogen-bond acceptors (Lipinski definition) is 5. The molecule has 3 N–H and O–H groups in total. The number of nitrogens with two attached hydrogens (primary N) is 1. The van der Waals surface area contributed by atoms with E-state index >= 15 is 0 Å². The highest BCUT2D eigenvalue weighted by molar-refractivity contribution is 5.96. The van der Waals surface area contributed by atoms with Gasteiger partial charge in [0.05, 0.1) is 0 Å². The van der Waals surface area contributed by atoms with Gasteiger partial charge in [-0.3, -0.25) is 0 Å². The molecule has 0 fully saturated rings. The second-order valence-corrected chi connectivity index (χ2v) is 4.36. The van der Waals surface area contributed by atoms with E-state index in [4.69, 9.17) is 15.7 Å². The van der Waals surface area contributed by atoms with E-state index in [1.807, 2.05) is 43.3 Å². The zero-order chi connectivity index (χ0) is 14.5. The zero-order valence-electron chi connectivity index (χ0n) is 11.3. The monoisotopic (exact) mass is 272 g/mol. The van der Waals surface area contributed by atoms with E-state index in [0.29, 0.717) is 17.2 Å². The molecule has 0 amide bonds. The molecule has 0 unspecified atom stereocenters. The maximum atomic E-state index is 8.57. The van der Waals surface area contributed by atoms with Crippen molar-refractivity contribution in [3.8, 4) is 11.6 Å². The summed E-state index contributed by atoms with van der Waals surface area (Å²) in [4.78, 5) is 6.10. The summed E-state index contributed by atoms with van der Waals surface area (Å²) in [7, 11) is 3.92. The number of nitrogens with zero attached hydrogens (tertiary/aromatic N) is 3. The topological polar surface area (TPSA) is 84.0 Å². The summed E-state index contributed by atoms with van der Waals surface area (Å²) >= 11 is 0. The molecule has 1 aromatic heterocycles. The van der Waals surface area contributed by atoms with E-state index in [2.05, 4.69) is 10.1 Å². The maximum absolute atomic E-state index is 8.57. The molecule has 0 aliphatic carbocycles. The van der Waals surface area contributed by atoms with Gasteiger partial charge in [-0.05, 0) is 18.2 Å². The van der Waals surface area contributed by atoms with Crippen LogP contribution in [0.5, 0.6) is 11.6 Å². The van der Waals surface area contributed by atoms with E-state index < -0.39 is 0 Å². The lowest BCUT2D eigenvalue weighted by atomic mass is 10.2. The standard InChI is InChI=1S/C14H16N4O2/c1-18(2)11-4-3-5-12(8-11)20-13-7-6-10(9-16-13)14(15)17-19/h3-9,19H,1-2H3,(H2,15,17). The Morgan fingerprint density at radius 3 is 2.70 bits per heavy atom. The van der Waals surface area contributed by atoms with Crippen LogP contribution in [0.15, 0.2) is 47.8 Å². The summed E-state index contributed by atoms with van der Waals surface area (Å²) in [6.45, 7) is 0. The number of rotatable bonds is 4. The number of anilines is 1. The minimum Gasteiger partial charge on any atom is -0.439 e. The number of oxime groups is 1. The number of ether oxygens (including phenoxy) is 1. The quantitative estimate of drug-likeness (QED) is 0.385. The van der Waals surface area contributed by atoms with Crippen molar-refractivity contribution in [3.63, 3.8) is 0 Å². The summed E-state index contributed by atoms with van der Waals surface area (Å²) in [5.41, 5.74) is 7.03. The first-order valence-corrected chi connectivity index (χ1v) is 5.99. The molecular formula is C14H16N4O2. The van der Waals surface area contributed by atoms with Crippen LogP contribution in [0.25, 0.3) is 0 Å². The van der Waals surface area contributed by atoms with E-state index in [1.165, 1.54) is 6.20 Å². The SMILES string of the molecule is CN(C)c1cccc(Oc2ccc(C(N)=NO)cn2)c1. The predicted octanol–water partition coefficient (Wildman–Crippen LogP) is 2.03. The molecule has 0 spiro atoms. The third-order valence-electron chi connectivity index (χ3n) is 2.70. The fourth-order valence-electron chi connectivity index (χ4n) is 1.60. The fourth-order valence-corrected chi connectivity index (χ4v) is 1.60. The Kier molecular flexibility index (Phi) is 4.05. The predicted molar refractivity (Wildman–Crippen MR) is 77.6 cm³/mol. The van der Waals surface area contributed by atoms with Crippen LogP contribution in [-0.4, -0.2) is 30.1 Å². The van der Waals surface area contributed by atoms with Crippen molar-refractivity contribution in [2.24, 2.45) is 10.9 Å². The second-order valence-electron chi connectivity index (χ2n) is 4.36. The third-order valence-corrected chi connectivity index (χ3v) is 2.70. The van der Waals surface area contributed by atoms with Crippen LogP contribution >= 0.6 is 0 Å². The summed E-state index contributed by atoms with van der Waals surface area (Å²) in [6.07, 6.45) is 1.49. The van der Waals surface area contributed by atoms with Crippen LogP contribution in [0, 0.1) is 0 Å². The zero-order valence-corrected chi connectivity index (χ0v) is 11.3. The summed E-state index contributed by atoms with van der Waals surface area (Å²) in [6, 6.07) is 11.0. The van der Waals surface area contributed by atoms with Gasteiger partial charge in [-0.2, -0.15) is 0 Å². The minimum atomic E-state index is 0.0126. The highest BCUT2D eigenvalue weighted by Gasteiger charge is 2.03. The highest BCUT2D eigenvalue weighted by atomic mass is 16.5. The molecule has 6 heteroatoms. The summed E-state index contributed by atoms with van der Waals surface area (Å²) < 4.78 is 5.66. The number of benzene rings is 1. The Bertz CT molecular complexity index is 609. The molecule has 0 radical (unpaired) electrons. The second kappa shape index (κ2) is 5.92. The molecule has 104 valence electrons. The molecular weight excluding hydrogens is 256 g/mol. The number of hydrogen-bond donors (Lipinski definition) is 2. The van der Waals surface area contributed by atoms with E-state index in [1.54, 1.807) is 12.1 Å². The Balaban J connectivity index is 2.16. The Morgan fingerprint density at radius 2 is 2.10 bits per heavy atom. The number of amidine groups is 1. The fraction of sp³-hybridized carbons (Fsp3) is 0.143. The van der Waals surface area contributed by atoms with E-state index in [9.17, 15) is 0 Å². The van der Waals surface area contributed by atoms with Crippen LogP contribution in [0.1, 0.15) is 5.56 Å². The molecule has 0 saturated carbocycles. The molecule has 0 saturated heterocycles. The van der Waals surface area contributed by atoms with Crippen molar-refractivity contribution in [2.45, 2.75) is 0 Å². The lowest BCUT2D eigenvalue weighted by Crippen LogP contribution is -2.13. The normalized spacial score (nSPS) is 11.2. The van der Waals surface area contributed by atoms with Crippen molar-refractivity contribution in [3.05, 3.63) is 48.2 Å². The van der Waals surface area contributed by atoms with Crippen LogP contribution in [0.3, 0.4) is 0 Å². The van der Waals surface area contributed by atoms with Gasteiger partial charge in [0.1, 0.15) is 5.75 Å². The van der Waals surface area contributed by atoms with Crippen LogP contribution in [0.2, 0.25) is 0 Å². The van der Waals surface area contributed by atoms with Gasteiger partial charge < -0.3 is 20.6 Å². The Labute approximate surface area is 117 Å². The number of pyridine rings is 1. The lowest BCUT2D eigenvalue weighted by Gasteiger charge is -2.13. The first kappa shape index (κ1) is 13.7. The Morgan fingerprint density at radius 1 is 1.30 bits per heavy atom. The van der Waals surface area contributed by atoms with Gasteiger partial charge >= 0.3 is 0 Å². The van der Waals surface area contributed by atoms with E-state index in [0.717, 1.165) is 5.69 Å². The van der Waals surface area contributed by atoms with Gasteiger partial charge in [0.25, 0.3) is 0 Å². The maximum Gasteiger partial charge on any atom is 0.219 e. The molecule has 2 aromatic rings. The Hall–Kier alpha value is -2.76. The molecule has 6 nitrogen and oxygen atoms in total. The smallest absolute Gasteiger partial charge is 0.219 e. The van der Waals surface area contributed by atoms with Crippen LogP contribution in [0.4, 0.5) is 5.69 Å². The molecule has 20 heavy (non-hydrogen) atoms. The molecule has 1 aromatic carbocycles. The van der Waals surface area contributed by atoms with Gasteiger partial charge in [-0.25, -0.2) is 4.98 Å². The van der Waals surface area contributed by atoms with Gasteiger partial charge in [0.2, 0.25) is 5.88 Å². The van der Waals surface area contributed by atoms with Crippen molar-refractivity contribution in [1.82, 2.24) is 4.98 Å². The third kappa shape index (κ3) is 3.17. The molecule has 1 heterocycles. The highest BCUT2D eigenvalue weighted by Crippen LogP contribution is 2.23. The molecule has 2 rings (SSSR count). The summed E-state index contributed by atoms with van der Waals surface area (Å²) in [5, 5.41) is 11.5. The number of aromatic nitrogens is 1. The van der Waals surface area contributed by atoms with Gasteiger partial charge in [-0.1, -0.05) is 11.2 Å². The average Bonchev–Trinajstić information content (AvgIpc) is 2.47. The lowest BCUT2D eigenvalue weighted by molar-refractivity contribution is 0.318.